The number of nitrogens with one attached hydrogen (secondary N) is 2. The Kier molecular flexibility index (Phi) is 4.57. The van der Waals surface area contributed by atoms with E-state index >= 15 is 0 Å². The van der Waals surface area contributed by atoms with Gasteiger partial charge in [0.2, 0.25) is 5.91 Å². The van der Waals surface area contributed by atoms with Crippen molar-refractivity contribution in [3.8, 4) is 0 Å². The SMILES string of the molecule is CC(C)(C)C1CCC2(CC1)NC(=O)N(CC(=O)Nc1nccs1)C2=O. The zero-order valence-corrected chi connectivity index (χ0v) is 15.6. The lowest BCUT2D eigenvalue weighted by atomic mass is 9.67. The van der Waals surface area contributed by atoms with E-state index in [0.717, 1.165) is 17.7 Å². The maximum Gasteiger partial charge on any atom is 0.325 e. The molecule has 1 saturated heterocycles. The lowest BCUT2D eigenvalue weighted by Gasteiger charge is -2.40. The average molecular weight is 364 g/mol. The molecule has 0 atom stereocenters. The summed E-state index contributed by atoms with van der Waals surface area (Å²) in [7, 11) is 0. The molecule has 0 radical (unpaired) electrons. The minimum atomic E-state index is -0.833. The smallest absolute Gasteiger partial charge is 0.323 e. The van der Waals surface area contributed by atoms with Gasteiger partial charge in [-0.1, -0.05) is 20.8 Å². The van der Waals surface area contributed by atoms with Gasteiger partial charge in [0.1, 0.15) is 12.1 Å². The van der Waals surface area contributed by atoms with E-state index in [9.17, 15) is 14.4 Å². The van der Waals surface area contributed by atoms with Gasteiger partial charge in [-0.2, -0.15) is 0 Å². The van der Waals surface area contributed by atoms with Crippen molar-refractivity contribution < 1.29 is 14.4 Å². The van der Waals surface area contributed by atoms with Crippen LogP contribution in [0.4, 0.5) is 9.93 Å². The molecule has 0 bridgehead atoms. The Labute approximate surface area is 151 Å². The van der Waals surface area contributed by atoms with E-state index in [1.807, 2.05) is 0 Å². The molecule has 3 rings (SSSR count). The number of aromatic nitrogens is 1. The van der Waals surface area contributed by atoms with Crippen LogP contribution in [0.25, 0.3) is 0 Å². The van der Waals surface area contributed by atoms with E-state index < -0.39 is 17.5 Å². The Morgan fingerprint density at radius 1 is 1.40 bits per heavy atom. The molecule has 8 heteroatoms. The summed E-state index contributed by atoms with van der Waals surface area (Å²) in [5.74, 6) is -0.164. The van der Waals surface area contributed by atoms with Crippen LogP contribution >= 0.6 is 11.3 Å². The summed E-state index contributed by atoms with van der Waals surface area (Å²) in [6.45, 7) is 6.34. The highest BCUT2D eigenvalue weighted by Crippen LogP contribution is 2.43. The first-order valence-electron chi connectivity index (χ1n) is 8.55. The highest BCUT2D eigenvalue weighted by atomic mass is 32.1. The normalized spacial score (nSPS) is 26.8. The molecule has 2 aliphatic rings. The van der Waals surface area contributed by atoms with Crippen molar-refractivity contribution in [1.29, 1.82) is 0 Å². The molecule has 1 aromatic heterocycles. The van der Waals surface area contributed by atoms with E-state index in [1.54, 1.807) is 11.6 Å². The number of carbonyl (C=O) groups excluding carboxylic acids is 3. The van der Waals surface area contributed by atoms with Gasteiger partial charge < -0.3 is 10.6 Å². The first kappa shape index (κ1) is 17.8. The van der Waals surface area contributed by atoms with E-state index in [1.165, 1.54) is 11.3 Å². The third-order valence-electron chi connectivity index (χ3n) is 5.29. The Morgan fingerprint density at radius 3 is 2.64 bits per heavy atom. The second-order valence-corrected chi connectivity index (χ2v) is 8.82. The minimum Gasteiger partial charge on any atom is -0.323 e. The molecule has 136 valence electrons. The molecular weight excluding hydrogens is 340 g/mol. The van der Waals surface area contributed by atoms with Crippen LogP contribution in [0, 0.1) is 11.3 Å². The van der Waals surface area contributed by atoms with Gasteiger partial charge >= 0.3 is 6.03 Å². The number of amides is 4. The van der Waals surface area contributed by atoms with Crippen molar-refractivity contribution in [2.45, 2.75) is 52.0 Å². The molecule has 2 fully saturated rings. The maximum atomic E-state index is 12.8. The zero-order chi connectivity index (χ0) is 18.2. The molecule has 25 heavy (non-hydrogen) atoms. The number of hydrogen-bond acceptors (Lipinski definition) is 5. The van der Waals surface area contributed by atoms with Crippen molar-refractivity contribution in [3.63, 3.8) is 0 Å². The van der Waals surface area contributed by atoms with Gasteiger partial charge in [0.05, 0.1) is 0 Å². The largest absolute Gasteiger partial charge is 0.325 e. The molecule has 1 aliphatic carbocycles. The Hall–Kier alpha value is -1.96. The van der Waals surface area contributed by atoms with Gasteiger partial charge in [0, 0.05) is 11.6 Å². The van der Waals surface area contributed by atoms with Gasteiger partial charge in [0.15, 0.2) is 5.13 Å². The third kappa shape index (κ3) is 3.53. The topological polar surface area (TPSA) is 91.4 Å². The summed E-state index contributed by atoms with van der Waals surface area (Å²) in [6, 6.07) is -0.478. The average Bonchev–Trinajstić information content (AvgIpc) is 3.10. The number of hydrogen-bond donors (Lipinski definition) is 2. The fraction of sp³-hybridized carbons (Fsp3) is 0.647. The number of nitrogens with zero attached hydrogens (tertiary/aromatic N) is 2. The third-order valence-corrected chi connectivity index (χ3v) is 5.98. The molecule has 7 nitrogen and oxygen atoms in total. The molecule has 1 aromatic rings. The number of urea groups is 1. The van der Waals surface area contributed by atoms with Crippen LogP contribution in [0.15, 0.2) is 11.6 Å². The second kappa shape index (κ2) is 6.40. The second-order valence-electron chi connectivity index (χ2n) is 7.93. The molecule has 1 spiro atoms. The number of thiazole rings is 1. The maximum absolute atomic E-state index is 12.8. The van der Waals surface area contributed by atoms with Crippen LogP contribution in [0.3, 0.4) is 0 Å². The molecule has 2 N–H and O–H groups in total. The van der Waals surface area contributed by atoms with Crippen molar-refractivity contribution in [2.75, 3.05) is 11.9 Å². The number of carbonyl (C=O) groups is 3. The fourth-order valence-corrected chi connectivity index (χ4v) is 4.27. The summed E-state index contributed by atoms with van der Waals surface area (Å²) in [5.41, 5.74) is -0.638. The number of imide groups is 1. The highest BCUT2D eigenvalue weighted by Gasteiger charge is 2.53. The molecule has 2 heterocycles. The van der Waals surface area contributed by atoms with Crippen molar-refractivity contribution in [3.05, 3.63) is 11.6 Å². The summed E-state index contributed by atoms with van der Waals surface area (Å²) in [6.07, 6.45) is 4.63. The van der Waals surface area contributed by atoms with Crippen molar-refractivity contribution in [1.82, 2.24) is 15.2 Å². The van der Waals surface area contributed by atoms with Gasteiger partial charge in [-0.25, -0.2) is 9.78 Å². The predicted octanol–water partition coefficient (Wildman–Crippen LogP) is 2.61. The highest BCUT2D eigenvalue weighted by molar-refractivity contribution is 7.13. The lowest BCUT2D eigenvalue weighted by Crippen LogP contribution is -2.50. The van der Waals surface area contributed by atoms with Crippen LogP contribution in [0.5, 0.6) is 0 Å². The number of rotatable bonds is 3. The molecule has 1 saturated carbocycles. The van der Waals surface area contributed by atoms with Crippen molar-refractivity contribution in [2.24, 2.45) is 11.3 Å². The predicted molar refractivity (Wildman–Crippen MR) is 95.1 cm³/mol. The van der Waals surface area contributed by atoms with Gasteiger partial charge in [-0.15, -0.1) is 11.3 Å². The van der Waals surface area contributed by atoms with E-state index in [4.69, 9.17) is 0 Å². The van der Waals surface area contributed by atoms with E-state index in [0.29, 0.717) is 23.9 Å². The first-order valence-corrected chi connectivity index (χ1v) is 9.43. The lowest BCUT2D eigenvalue weighted by molar-refractivity contribution is -0.135. The Morgan fingerprint density at radius 2 is 2.08 bits per heavy atom. The Balaban J connectivity index is 1.63. The summed E-state index contributed by atoms with van der Waals surface area (Å²) in [5, 5.41) is 7.65. The monoisotopic (exact) mass is 364 g/mol. The molecular formula is C17H24N4O3S. The zero-order valence-electron chi connectivity index (χ0n) is 14.8. The quantitative estimate of drug-likeness (QED) is 0.807. The van der Waals surface area contributed by atoms with Crippen LogP contribution in [0.2, 0.25) is 0 Å². The van der Waals surface area contributed by atoms with Crippen LogP contribution in [-0.2, 0) is 9.59 Å². The van der Waals surface area contributed by atoms with E-state index in [2.05, 4.69) is 36.4 Å². The molecule has 4 amide bonds. The first-order chi connectivity index (χ1) is 11.7. The minimum absolute atomic E-state index is 0.195. The Bertz CT molecular complexity index is 673. The summed E-state index contributed by atoms with van der Waals surface area (Å²) in [4.78, 5) is 42.2. The summed E-state index contributed by atoms with van der Waals surface area (Å²) >= 11 is 1.29. The molecule has 0 unspecified atom stereocenters. The molecule has 0 aromatic carbocycles. The van der Waals surface area contributed by atoms with Gasteiger partial charge in [-0.05, 0) is 37.0 Å². The summed E-state index contributed by atoms with van der Waals surface area (Å²) < 4.78 is 0. The number of anilines is 1. The van der Waals surface area contributed by atoms with Crippen LogP contribution < -0.4 is 10.6 Å². The van der Waals surface area contributed by atoms with Crippen LogP contribution in [0.1, 0.15) is 46.5 Å². The fourth-order valence-electron chi connectivity index (χ4n) is 3.72. The van der Waals surface area contributed by atoms with Gasteiger partial charge in [-0.3, -0.25) is 14.5 Å². The van der Waals surface area contributed by atoms with E-state index in [-0.39, 0.29) is 17.9 Å². The van der Waals surface area contributed by atoms with Crippen LogP contribution in [-0.4, -0.2) is 39.8 Å². The standard InChI is InChI=1S/C17H24N4O3S/c1-16(2,3)11-4-6-17(7-5-11)13(23)21(15(24)20-17)10-12(22)19-14-18-8-9-25-14/h8-9,11H,4-7,10H2,1-3H3,(H,20,24)(H,18,19,22). The van der Waals surface area contributed by atoms with Gasteiger partial charge in [0.25, 0.3) is 5.91 Å². The molecule has 1 aliphatic heterocycles. The van der Waals surface area contributed by atoms with Crippen molar-refractivity contribution >= 4 is 34.3 Å².